The van der Waals surface area contributed by atoms with Crippen molar-refractivity contribution in [1.82, 2.24) is 4.98 Å². The Kier molecular flexibility index (Phi) is 3.42. The Morgan fingerprint density at radius 1 is 1.47 bits per heavy atom. The quantitative estimate of drug-likeness (QED) is 0.817. The molecule has 3 N–H and O–H groups in total. The van der Waals surface area contributed by atoms with Crippen molar-refractivity contribution in [3.8, 4) is 0 Å². The maximum Gasteiger partial charge on any atom is 0.246 e. The Morgan fingerprint density at radius 3 is 2.53 bits per heavy atom. The van der Waals surface area contributed by atoms with Crippen molar-refractivity contribution in [1.29, 1.82) is 0 Å². The molecule has 1 amide bonds. The molecule has 7 heteroatoms. The lowest BCUT2D eigenvalue weighted by Crippen LogP contribution is -2.44. The van der Waals surface area contributed by atoms with E-state index in [-0.39, 0.29) is 11.5 Å². The third kappa shape index (κ3) is 2.73. The van der Waals surface area contributed by atoms with Crippen LogP contribution in [0.15, 0.2) is 18.3 Å². The second-order valence-electron chi connectivity index (χ2n) is 4.18. The number of nitrogen functional groups attached to an aromatic ring is 1. The third-order valence-corrected chi connectivity index (χ3v) is 4.58. The number of carbonyl (C=O) groups is 1. The van der Waals surface area contributed by atoms with Crippen LogP contribution in [0.1, 0.15) is 13.8 Å². The number of amides is 1. The molecule has 0 atom stereocenters. The number of rotatable bonds is 3. The van der Waals surface area contributed by atoms with Gasteiger partial charge in [0.2, 0.25) is 5.91 Å². The molecule has 0 bridgehead atoms. The Balaban J connectivity index is 2.99. The second kappa shape index (κ2) is 4.33. The molecule has 0 aliphatic carbocycles. The zero-order valence-corrected chi connectivity index (χ0v) is 10.7. The lowest BCUT2D eigenvalue weighted by molar-refractivity contribution is -0.117. The van der Waals surface area contributed by atoms with E-state index in [0.717, 1.165) is 6.26 Å². The second-order valence-corrected chi connectivity index (χ2v) is 6.74. The Morgan fingerprint density at radius 2 is 2.06 bits per heavy atom. The van der Waals surface area contributed by atoms with Crippen LogP contribution in [0.5, 0.6) is 0 Å². The first-order valence-electron chi connectivity index (χ1n) is 4.88. The monoisotopic (exact) mass is 257 g/mol. The number of hydrogen-bond donors (Lipinski definition) is 2. The van der Waals surface area contributed by atoms with Gasteiger partial charge in [0.05, 0.1) is 5.69 Å². The minimum absolute atomic E-state index is 0.161. The maximum absolute atomic E-state index is 11.8. The molecule has 0 unspecified atom stereocenters. The highest BCUT2D eigenvalue weighted by molar-refractivity contribution is 7.92. The fraction of sp³-hybridized carbons (Fsp3) is 0.400. The van der Waals surface area contributed by atoms with Gasteiger partial charge < -0.3 is 11.1 Å². The Bertz CT molecular complexity index is 537. The van der Waals surface area contributed by atoms with Gasteiger partial charge in [0.25, 0.3) is 0 Å². The van der Waals surface area contributed by atoms with Crippen molar-refractivity contribution in [2.24, 2.45) is 0 Å². The third-order valence-electron chi connectivity index (χ3n) is 2.54. The number of carbonyl (C=O) groups excluding carboxylic acids is 1. The smallest absolute Gasteiger partial charge is 0.246 e. The van der Waals surface area contributed by atoms with Crippen LogP contribution in [-0.4, -0.2) is 30.3 Å². The molecule has 0 saturated heterocycles. The highest BCUT2D eigenvalue weighted by Gasteiger charge is 2.38. The van der Waals surface area contributed by atoms with E-state index in [1.807, 2.05) is 0 Å². The maximum atomic E-state index is 11.8. The normalized spacial score (nSPS) is 12.2. The van der Waals surface area contributed by atoms with Crippen LogP contribution in [-0.2, 0) is 14.6 Å². The van der Waals surface area contributed by atoms with Crippen molar-refractivity contribution >= 4 is 27.2 Å². The number of pyridine rings is 1. The summed E-state index contributed by atoms with van der Waals surface area (Å²) >= 11 is 0. The van der Waals surface area contributed by atoms with Gasteiger partial charge in [-0.3, -0.25) is 4.79 Å². The fourth-order valence-corrected chi connectivity index (χ4v) is 1.34. The molecule has 1 aromatic rings. The Hall–Kier alpha value is -1.63. The molecule has 1 heterocycles. The van der Waals surface area contributed by atoms with E-state index in [0.29, 0.717) is 0 Å². The van der Waals surface area contributed by atoms with Gasteiger partial charge in [-0.15, -0.1) is 0 Å². The van der Waals surface area contributed by atoms with Crippen LogP contribution in [0.25, 0.3) is 0 Å². The van der Waals surface area contributed by atoms with E-state index in [4.69, 9.17) is 5.73 Å². The van der Waals surface area contributed by atoms with Crippen molar-refractivity contribution in [2.45, 2.75) is 18.6 Å². The number of sulfone groups is 1. The summed E-state index contributed by atoms with van der Waals surface area (Å²) in [6.45, 7) is 2.66. The van der Waals surface area contributed by atoms with Crippen LogP contribution in [0.3, 0.4) is 0 Å². The molecule has 94 valence electrons. The lowest BCUT2D eigenvalue weighted by Gasteiger charge is -2.21. The van der Waals surface area contributed by atoms with Gasteiger partial charge >= 0.3 is 0 Å². The van der Waals surface area contributed by atoms with Gasteiger partial charge in [0, 0.05) is 12.5 Å². The Labute approximate surface area is 100 Å². The van der Waals surface area contributed by atoms with E-state index in [9.17, 15) is 13.2 Å². The van der Waals surface area contributed by atoms with E-state index in [2.05, 4.69) is 10.3 Å². The van der Waals surface area contributed by atoms with Gasteiger partial charge in [-0.05, 0) is 26.0 Å². The summed E-state index contributed by atoms with van der Waals surface area (Å²) < 4.78 is 21.4. The molecule has 17 heavy (non-hydrogen) atoms. The summed E-state index contributed by atoms with van der Waals surface area (Å²) in [4.78, 5) is 15.7. The van der Waals surface area contributed by atoms with Crippen LogP contribution >= 0.6 is 0 Å². The standard InChI is InChI=1S/C10H15N3O3S/c1-10(2,17(3,15)16)9(14)13-8-7(11)5-4-6-12-8/h4-6H,11H2,1-3H3,(H,12,13,14). The SMILES string of the molecule is CC(C)(C(=O)Nc1ncccc1N)S(C)(=O)=O. The molecule has 0 aromatic carbocycles. The predicted molar refractivity (Wildman–Crippen MR) is 66.2 cm³/mol. The topological polar surface area (TPSA) is 102 Å². The summed E-state index contributed by atoms with van der Waals surface area (Å²) in [6.07, 6.45) is 2.47. The molecule has 0 aliphatic heterocycles. The molecule has 0 radical (unpaired) electrons. The van der Waals surface area contributed by atoms with Crippen LogP contribution in [0, 0.1) is 0 Å². The molecule has 0 fully saturated rings. The average molecular weight is 257 g/mol. The summed E-state index contributed by atoms with van der Waals surface area (Å²) in [5.74, 6) is -0.500. The number of nitrogens with one attached hydrogen (secondary N) is 1. The van der Waals surface area contributed by atoms with Gasteiger partial charge in [-0.1, -0.05) is 0 Å². The summed E-state index contributed by atoms with van der Waals surface area (Å²) in [6, 6.07) is 3.18. The van der Waals surface area contributed by atoms with Crippen molar-refractivity contribution in [3.05, 3.63) is 18.3 Å². The van der Waals surface area contributed by atoms with Crippen LogP contribution < -0.4 is 11.1 Å². The number of hydrogen-bond acceptors (Lipinski definition) is 5. The molecule has 6 nitrogen and oxygen atoms in total. The van der Waals surface area contributed by atoms with E-state index in [1.54, 1.807) is 12.1 Å². The van der Waals surface area contributed by atoms with Gasteiger partial charge in [-0.2, -0.15) is 0 Å². The molecule has 1 aromatic heterocycles. The zero-order valence-electron chi connectivity index (χ0n) is 9.89. The zero-order chi connectivity index (χ0) is 13.3. The first-order chi connectivity index (χ1) is 7.66. The minimum Gasteiger partial charge on any atom is -0.396 e. The summed E-state index contributed by atoms with van der Waals surface area (Å²) in [5, 5.41) is 2.40. The van der Waals surface area contributed by atoms with Gasteiger partial charge in [-0.25, -0.2) is 13.4 Å². The number of nitrogens with zero attached hydrogens (tertiary/aromatic N) is 1. The van der Waals surface area contributed by atoms with Crippen LogP contribution in [0.4, 0.5) is 11.5 Å². The largest absolute Gasteiger partial charge is 0.396 e. The molecule has 0 saturated carbocycles. The predicted octanol–water partition coefficient (Wildman–Crippen LogP) is 0.426. The molecule has 0 aliphatic rings. The molecular formula is C10H15N3O3S. The highest BCUT2D eigenvalue weighted by atomic mass is 32.2. The molecule has 1 rings (SSSR count). The number of anilines is 2. The summed E-state index contributed by atoms with van der Waals surface area (Å²) in [7, 11) is -3.52. The first-order valence-corrected chi connectivity index (χ1v) is 6.77. The van der Waals surface area contributed by atoms with E-state index in [1.165, 1.54) is 20.0 Å². The molecular weight excluding hydrogens is 242 g/mol. The van der Waals surface area contributed by atoms with E-state index < -0.39 is 20.5 Å². The van der Waals surface area contributed by atoms with Gasteiger partial charge in [0.15, 0.2) is 15.7 Å². The van der Waals surface area contributed by atoms with E-state index >= 15 is 0 Å². The number of nitrogens with two attached hydrogens (primary N) is 1. The summed E-state index contributed by atoms with van der Waals surface area (Å²) in [5.41, 5.74) is 5.88. The fourth-order valence-electron chi connectivity index (χ4n) is 0.949. The van der Waals surface area contributed by atoms with Crippen molar-refractivity contribution in [2.75, 3.05) is 17.3 Å². The highest BCUT2D eigenvalue weighted by Crippen LogP contribution is 2.20. The van der Waals surface area contributed by atoms with Crippen molar-refractivity contribution in [3.63, 3.8) is 0 Å². The van der Waals surface area contributed by atoms with Crippen molar-refractivity contribution < 1.29 is 13.2 Å². The number of aromatic nitrogens is 1. The first kappa shape index (κ1) is 13.4. The lowest BCUT2D eigenvalue weighted by atomic mass is 10.2. The average Bonchev–Trinajstić information content (AvgIpc) is 2.19. The van der Waals surface area contributed by atoms with Crippen LogP contribution in [0.2, 0.25) is 0 Å². The molecule has 0 spiro atoms. The minimum atomic E-state index is -3.52. The van der Waals surface area contributed by atoms with Gasteiger partial charge in [0.1, 0.15) is 4.75 Å².